The van der Waals surface area contributed by atoms with E-state index in [0.717, 1.165) is 5.69 Å². The molecule has 0 aromatic heterocycles. The van der Waals surface area contributed by atoms with Crippen LogP contribution in [0.5, 0.6) is 0 Å². The van der Waals surface area contributed by atoms with Crippen LogP contribution in [0.25, 0.3) is 0 Å². The lowest BCUT2D eigenvalue weighted by atomic mass is 10.2. The summed E-state index contributed by atoms with van der Waals surface area (Å²) in [7, 11) is -2.36. The predicted octanol–water partition coefficient (Wildman–Crippen LogP) is 4.25. The number of ether oxygens (including phenoxy) is 1. The van der Waals surface area contributed by atoms with Gasteiger partial charge in [-0.25, -0.2) is 8.42 Å². The first-order valence-corrected chi connectivity index (χ1v) is 12.3. The van der Waals surface area contributed by atoms with Gasteiger partial charge in [0.1, 0.15) is 0 Å². The summed E-state index contributed by atoms with van der Waals surface area (Å²) < 4.78 is 32.9. The second kappa shape index (κ2) is 9.82. The first kappa shape index (κ1) is 23.1. The molecule has 172 valence electrons. The van der Waals surface area contributed by atoms with E-state index in [1.807, 2.05) is 6.07 Å². The van der Waals surface area contributed by atoms with Gasteiger partial charge < -0.3 is 15.0 Å². The number of amides is 1. The average molecular weight is 486 g/mol. The van der Waals surface area contributed by atoms with Crippen molar-refractivity contribution in [2.75, 3.05) is 47.9 Å². The molecule has 1 aliphatic heterocycles. The Morgan fingerprint density at radius 3 is 2.42 bits per heavy atom. The molecule has 33 heavy (non-hydrogen) atoms. The molecular weight excluding hydrogens is 462 g/mol. The van der Waals surface area contributed by atoms with Crippen LogP contribution in [0.4, 0.5) is 17.1 Å². The van der Waals surface area contributed by atoms with E-state index in [4.69, 9.17) is 16.3 Å². The monoisotopic (exact) mass is 485 g/mol. The number of carbonyl (C=O) groups excluding carboxylic acids is 1. The average Bonchev–Trinajstić information content (AvgIpc) is 2.85. The number of benzene rings is 3. The van der Waals surface area contributed by atoms with E-state index >= 15 is 0 Å². The highest BCUT2D eigenvalue weighted by Gasteiger charge is 2.23. The van der Waals surface area contributed by atoms with Gasteiger partial charge >= 0.3 is 0 Å². The van der Waals surface area contributed by atoms with Crippen molar-refractivity contribution < 1.29 is 17.9 Å². The Hall–Kier alpha value is -3.07. The van der Waals surface area contributed by atoms with Crippen molar-refractivity contribution in [3.63, 3.8) is 0 Å². The molecule has 0 aliphatic carbocycles. The number of para-hydroxylation sites is 2. The maximum absolute atomic E-state index is 13.1. The Bertz CT molecular complexity index is 1250. The summed E-state index contributed by atoms with van der Waals surface area (Å²) in [6, 6.07) is 20.1. The molecule has 0 bridgehead atoms. The van der Waals surface area contributed by atoms with E-state index in [2.05, 4.69) is 10.2 Å². The molecule has 0 saturated carbocycles. The van der Waals surface area contributed by atoms with Crippen LogP contribution < -0.4 is 14.5 Å². The second-order valence-corrected chi connectivity index (χ2v) is 9.90. The fourth-order valence-corrected chi connectivity index (χ4v) is 5.19. The SMILES string of the molecule is CN(c1ccccc1)S(=O)(=O)c1cccc(C(=O)Nc2cccc(Cl)c2N2CCOCC2)c1. The molecule has 3 aromatic rings. The molecule has 0 atom stereocenters. The minimum absolute atomic E-state index is 0.0287. The fourth-order valence-electron chi connectivity index (χ4n) is 3.65. The topological polar surface area (TPSA) is 79.0 Å². The number of hydrogen-bond acceptors (Lipinski definition) is 5. The van der Waals surface area contributed by atoms with Crippen molar-refractivity contribution in [2.24, 2.45) is 0 Å². The number of carbonyl (C=O) groups is 1. The van der Waals surface area contributed by atoms with Gasteiger partial charge in [0.2, 0.25) is 0 Å². The minimum atomic E-state index is -3.84. The van der Waals surface area contributed by atoms with Crippen molar-refractivity contribution in [1.82, 2.24) is 0 Å². The van der Waals surface area contributed by atoms with Crippen LogP contribution >= 0.6 is 11.6 Å². The highest BCUT2D eigenvalue weighted by atomic mass is 35.5. The molecule has 0 spiro atoms. The third kappa shape index (κ3) is 4.98. The van der Waals surface area contributed by atoms with Gasteiger partial charge in [0.15, 0.2) is 0 Å². The van der Waals surface area contributed by atoms with E-state index in [1.54, 1.807) is 54.6 Å². The number of nitrogens with one attached hydrogen (secondary N) is 1. The molecule has 0 unspecified atom stereocenters. The Kier molecular flexibility index (Phi) is 6.88. The molecule has 1 aliphatic rings. The first-order chi connectivity index (χ1) is 15.9. The standard InChI is InChI=1S/C24H24ClN3O4S/c1-27(19-8-3-2-4-9-19)33(30,31)20-10-5-7-18(17-20)24(29)26-22-12-6-11-21(25)23(22)28-13-15-32-16-14-28/h2-12,17H,13-16H2,1H3,(H,26,29). The number of sulfonamides is 1. The third-order valence-corrected chi connectivity index (χ3v) is 7.52. The van der Waals surface area contributed by atoms with Crippen molar-refractivity contribution in [3.8, 4) is 0 Å². The lowest BCUT2D eigenvalue weighted by Gasteiger charge is -2.31. The van der Waals surface area contributed by atoms with Crippen LogP contribution in [0.2, 0.25) is 5.02 Å². The summed E-state index contributed by atoms with van der Waals surface area (Å²) in [4.78, 5) is 15.2. The fraction of sp³-hybridized carbons (Fsp3) is 0.208. The third-order valence-electron chi connectivity index (χ3n) is 5.44. The molecule has 3 aromatic carbocycles. The Labute approximate surface area is 198 Å². The Morgan fingerprint density at radius 1 is 1.00 bits per heavy atom. The van der Waals surface area contributed by atoms with Crippen molar-refractivity contribution in [2.45, 2.75) is 4.90 Å². The highest BCUT2D eigenvalue weighted by molar-refractivity contribution is 7.92. The molecule has 7 nitrogen and oxygen atoms in total. The largest absolute Gasteiger partial charge is 0.378 e. The van der Waals surface area contributed by atoms with Crippen molar-refractivity contribution in [3.05, 3.63) is 83.4 Å². The maximum Gasteiger partial charge on any atom is 0.264 e. The van der Waals surface area contributed by atoms with Gasteiger partial charge in [0.05, 0.1) is 40.2 Å². The van der Waals surface area contributed by atoms with E-state index in [9.17, 15) is 13.2 Å². The normalized spacial score (nSPS) is 14.1. The number of morpholine rings is 1. The highest BCUT2D eigenvalue weighted by Crippen LogP contribution is 2.35. The summed E-state index contributed by atoms with van der Waals surface area (Å²) in [6.45, 7) is 2.47. The number of nitrogens with zero attached hydrogens (tertiary/aromatic N) is 2. The van der Waals surface area contributed by atoms with E-state index in [1.165, 1.54) is 23.5 Å². The zero-order chi connectivity index (χ0) is 23.4. The summed E-state index contributed by atoms with van der Waals surface area (Å²) >= 11 is 6.45. The zero-order valence-corrected chi connectivity index (χ0v) is 19.6. The second-order valence-electron chi connectivity index (χ2n) is 7.53. The van der Waals surface area contributed by atoms with Gasteiger partial charge in [-0.1, -0.05) is 41.9 Å². The van der Waals surface area contributed by atoms with Crippen LogP contribution in [0.3, 0.4) is 0 Å². The number of rotatable bonds is 6. The van der Waals surface area contributed by atoms with E-state index < -0.39 is 15.9 Å². The van der Waals surface area contributed by atoms with Gasteiger partial charge in [-0.05, 0) is 42.5 Å². The summed E-state index contributed by atoms with van der Waals surface area (Å²) in [6.07, 6.45) is 0. The molecular formula is C24H24ClN3O4S. The smallest absolute Gasteiger partial charge is 0.264 e. The summed E-state index contributed by atoms with van der Waals surface area (Å²) in [5.41, 5.74) is 2.04. The van der Waals surface area contributed by atoms with Crippen LogP contribution in [-0.2, 0) is 14.8 Å². The molecule has 0 radical (unpaired) electrons. The van der Waals surface area contributed by atoms with Crippen LogP contribution in [0.15, 0.2) is 77.7 Å². The summed E-state index contributed by atoms with van der Waals surface area (Å²) in [5.74, 6) is -0.425. The van der Waals surface area contributed by atoms with Gasteiger partial charge in [-0.15, -0.1) is 0 Å². The van der Waals surface area contributed by atoms with E-state index in [-0.39, 0.29) is 10.5 Å². The minimum Gasteiger partial charge on any atom is -0.378 e. The Balaban J connectivity index is 1.60. The zero-order valence-electron chi connectivity index (χ0n) is 18.1. The molecule has 1 N–H and O–H groups in total. The van der Waals surface area contributed by atoms with Gasteiger partial charge in [0.25, 0.3) is 15.9 Å². The molecule has 4 rings (SSSR count). The lowest BCUT2D eigenvalue weighted by Crippen LogP contribution is -2.37. The molecule has 1 amide bonds. The number of halogens is 1. The van der Waals surface area contributed by atoms with Crippen molar-refractivity contribution >= 4 is 44.6 Å². The van der Waals surface area contributed by atoms with Crippen LogP contribution in [0, 0.1) is 0 Å². The quantitative estimate of drug-likeness (QED) is 0.564. The molecule has 1 saturated heterocycles. The number of anilines is 3. The van der Waals surface area contributed by atoms with Gasteiger partial charge in [-0.2, -0.15) is 0 Å². The first-order valence-electron chi connectivity index (χ1n) is 10.4. The van der Waals surface area contributed by atoms with Crippen molar-refractivity contribution in [1.29, 1.82) is 0 Å². The number of hydrogen-bond donors (Lipinski definition) is 1. The predicted molar refractivity (Wildman–Crippen MR) is 131 cm³/mol. The molecule has 9 heteroatoms. The van der Waals surface area contributed by atoms with Crippen LogP contribution in [0.1, 0.15) is 10.4 Å². The maximum atomic E-state index is 13.1. The summed E-state index contributed by atoms with van der Waals surface area (Å²) in [5, 5.41) is 3.41. The van der Waals surface area contributed by atoms with Gasteiger partial charge in [0, 0.05) is 25.7 Å². The van der Waals surface area contributed by atoms with Gasteiger partial charge in [-0.3, -0.25) is 9.10 Å². The van der Waals surface area contributed by atoms with Crippen LogP contribution in [-0.4, -0.2) is 47.7 Å². The Morgan fingerprint density at radius 2 is 1.70 bits per heavy atom. The van der Waals surface area contributed by atoms with E-state index in [0.29, 0.717) is 42.7 Å². The lowest BCUT2D eigenvalue weighted by molar-refractivity contribution is 0.102. The molecule has 1 fully saturated rings. The molecule has 1 heterocycles.